The van der Waals surface area contributed by atoms with Crippen molar-refractivity contribution in [1.82, 2.24) is 9.55 Å². The van der Waals surface area contributed by atoms with Crippen molar-refractivity contribution in [3.05, 3.63) is 53.6 Å². The van der Waals surface area contributed by atoms with E-state index < -0.39 is 0 Å². The third-order valence-corrected chi connectivity index (χ3v) is 4.58. The molecule has 0 bridgehead atoms. The molecule has 3 aromatic rings. The molecule has 3 rings (SSSR count). The lowest BCUT2D eigenvalue weighted by Crippen LogP contribution is -2.23. The molecule has 1 heterocycles. The van der Waals surface area contributed by atoms with Crippen LogP contribution in [0.15, 0.2) is 42.5 Å². The summed E-state index contributed by atoms with van der Waals surface area (Å²) in [5.74, 6) is 1.06. The van der Waals surface area contributed by atoms with Crippen LogP contribution in [0.25, 0.3) is 22.4 Å². The number of para-hydroxylation sites is 2. The smallest absolute Gasteiger partial charge is 0.141 e. The fourth-order valence-electron chi connectivity index (χ4n) is 3.22. The monoisotopic (exact) mass is 320 g/mol. The van der Waals surface area contributed by atoms with E-state index >= 15 is 0 Å². The summed E-state index contributed by atoms with van der Waals surface area (Å²) in [5, 5.41) is 0. The first kappa shape index (κ1) is 16.8. The van der Waals surface area contributed by atoms with Gasteiger partial charge in [0.1, 0.15) is 5.82 Å². The molecule has 0 aliphatic carbocycles. The minimum Gasteiger partial charge on any atom is -0.319 e. The lowest BCUT2D eigenvalue weighted by atomic mass is 9.85. The molecule has 2 heteroatoms. The number of hydrogen-bond acceptors (Lipinski definition) is 1. The Labute approximate surface area is 145 Å². The van der Waals surface area contributed by atoms with Crippen LogP contribution < -0.4 is 0 Å². The lowest BCUT2D eigenvalue weighted by Gasteiger charge is -2.26. The van der Waals surface area contributed by atoms with Gasteiger partial charge in [-0.2, -0.15) is 0 Å². The van der Waals surface area contributed by atoms with E-state index in [0.29, 0.717) is 0 Å². The Morgan fingerprint density at radius 1 is 0.875 bits per heavy atom. The summed E-state index contributed by atoms with van der Waals surface area (Å²) in [6, 6.07) is 15.2. The highest BCUT2D eigenvalue weighted by Crippen LogP contribution is 2.35. The fraction of sp³-hybridized carbons (Fsp3) is 0.409. The van der Waals surface area contributed by atoms with Crippen LogP contribution in [0.1, 0.15) is 52.7 Å². The first-order chi connectivity index (χ1) is 11.1. The Morgan fingerprint density at radius 2 is 1.54 bits per heavy atom. The molecule has 0 fully saturated rings. The molecule has 0 radical (unpaired) electrons. The largest absolute Gasteiger partial charge is 0.319 e. The Balaban J connectivity index is 2.35. The molecule has 2 nitrogen and oxygen atoms in total. The van der Waals surface area contributed by atoms with Crippen LogP contribution in [0.5, 0.6) is 0 Å². The van der Waals surface area contributed by atoms with Crippen molar-refractivity contribution in [2.75, 3.05) is 0 Å². The maximum absolute atomic E-state index is 5.00. The molecule has 2 aromatic carbocycles. The van der Waals surface area contributed by atoms with Gasteiger partial charge in [0, 0.05) is 11.1 Å². The number of rotatable bonds is 1. The summed E-state index contributed by atoms with van der Waals surface area (Å²) < 4.78 is 2.37. The fourth-order valence-corrected chi connectivity index (χ4v) is 3.22. The van der Waals surface area contributed by atoms with Crippen molar-refractivity contribution in [1.29, 1.82) is 0 Å². The zero-order chi connectivity index (χ0) is 17.7. The molecule has 0 spiro atoms. The van der Waals surface area contributed by atoms with Crippen LogP contribution in [-0.2, 0) is 11.0 Å². The van der Waals surface area contributed by atoms with Crippen LogP contribution in [0.2, 0.25) is 0 Å². The van der Waals surface area contributed by atoms with E-state index in [2.05, 4.69) is 95.5 Å². The lowest BCUT2D eigenvalue weighted by molar-refractivity contribution is 0.413. The molecule has 1 aromatic heterocycles. The zero-order valence-electron chi connectivity index (χ0n) is 15.9. The Bertz CT molecular complexity index is 886. The Kier molecular flexibility index (Phi) is 3.82. The van der Waals surface area contributed by atoms with E-state index in [1.807, 2.05) is 0 Å². The van der Waals surface area contributed by atoms with Crippen molar-refractivity contribution < 1.29 is 0 Å². The van der Waals surface area contributed by atoms with Gasteiger partial charge in [0.25, 0.3) is 0 Å². The highest BCUT2D eigenvalue weighted by molar-refractivity contribution is 5.82. The van der Waals surface area contributed by atoms with Gasteiger partial charge in [-0.25, -0.2) is 4.98 Å². The maximum atomic E-state index is 5.00. The van der Waals surface area contributed by atoms with Gasteiger partial charge in [-0.15, -0.1) is 0 Å². The first-order valence-electron chi connectivity index (χ1n) is 8.68. The van der Waals surface area contributed by atoms with Gasteiger partial charge in [-0.3, -0.25) is 0 Å². The second-order valence-electron chi connectivity index (χ2n) is 8.71. The summed E-state index contributed by atoms with van der Waals surface area (Å²) in [6.45, 7) is 15.7. The number of imidazole rings is 1. The van der Waals surface area contributed by atoms with Gasteiger partial charge < -0.3 is 4.57 Å². The number of nitrogens with zero attached hydrogens (tertiary/aromatic N) is 2. The third kappa shape index (κ3) is 2.86. The van der Waals surface area contributed by atoms with Crippen LogP contribution in [0.4, 0.5) is 0 Å². The van der Waals surface area contributed by atoms with E-state index in [4.69, 9.17) is 4.98 Å². The average molecular weight is 320 g/mol. The molecule has 0 amide bonds. The molecule has 0 aliphatic rings. The zero-order valence-corrected chi connectivity index (χ0v) is 15.9. The van der Waals surface area contributed by atoms with E-state index in [9.17, 15) is 0 Å². The molecule has 0 atom stereocenters. The van der Waals surface area contributed by atoms with Gasteiger partial charge in [0.15, 0.2) is 0 Å². The molecular weight excluding hydrogens is 292 g/mol. The first-order valence-corrected chi connectivity index (χ1v) is 8.68. The predicted molar refractivity (Wildman–Crippen MR) is 104 cm³/mol. The summed E-state index contributed by atoms with van der Waals surface area (Å²) in [5.41, 5.74) is 6.19. The molecule has 0 saturated heterocycles. The molecule has 0 aliphatic heterocycles. The normalized spacial score (nSPS) is 12.8. The van der Waals surface area contributed by atoms with Gasteiger partial charge in [0.05, 0.1) is 11.0 Å². The van der Waals surface area contributed by atoms with Crippen LogP contribution >= 0.6 is 0 Å². The Morgan fingerprint density at radius 3 is 2.17 bits per heavy atom. The van der Waals surface area contributed by atoms with Crippen LogP contribution in [-0.4, -0.2) is 9.55 Å². The summed E-state index contributed by atoms with van der Waals surface area (Å²) in [4.78, 5) is 5.00. The summed E-state index contributed by atoms with van der Waals surface area (Å²) in [6.07, 6.45) is 0. The molecule has 0 N–H and O–H groups in total. The van der Waals surface area contributed by atoms with Crippen molar-refractivity contribution in [3.8, 4) is 11.4 Å². The van der Waals surface area contributed by atoms with Gasteiger partial charge in [-0.05, 0) is 62.4 Å². The van der Waals surface area contributed by atoms with Crippen LogP contribution in [0.3, 0.4) is 0 Å². The maximum Gasteiger partial charge on any atom is 0.141 e. The number of fused-ring (bicyclic) bond motifs is 1. The van der Waals surface area contributed by atoms with Gasteiger partial charge >= 0.3 is 0 Å². The average Bonchev–Trinajstić information content (AvgIpc) is 2.85. The van der Waals surface area contributed by atoms with E-state index in [-0.39, 0.29) is 11.0 Å². The minimum absolute atomic E-state index is 0.0321. The Hall–Kier alpha value is -2.09. The van der Waals surface area contributed by atoms with Crippen molar-refractivity contribution >= 4 is 11.0 Å². The minimum atomic E-state index is -0.0321. The van der Waals surface area contributed by atoms with Crippen molar-refractivity contribution in [2.24, 2.45) is 0 Å². The SMILES string of the molecule is Cc1ccc(C(C)(C)C)cc1-c1nc2ccccc2n1C(C)(C)C. The van der Waals surface area contributed by atoms with Gasteiger partial charge in [0.2, 0.25) is 0 Å². The number of aromatic nitrogens is 2. The van der Waals surface area contributed by atoms with Crippen molar-refractivity contribution in [3.63, 3.8) is 0 Å². The van der Waals surface area contributed by atoms with Gasteiger partial charge in [-0.1, -0.05) is 45.0 Å². The number of benzene rings is 2. The molecule has 126 valence electrons. The quantitative estimate of drug-likeness (QED) is 0.532. The molecular formula is C22H28N2. The van der Waals surface area contributed by atoms with Crippen molar-refractivity contribution in [2.45, 2.75) is 59.4 Å². The van der Waals surface area contributed by atoms with E-state index in [0.717, 1.165) is 11.3 Å². The summed E-state index contributed by atoms with van der Waals surface area (Å²) >= 11 is 0. The molecule has 24 heavy (non-hydrogen) atoms. The second kappa shape index (κ2) is 5.47. The highest BCUT2D eigenvalue weighted by Gasteiger charge is 2.24. The second-order valence-corrected chi connectivity index (χ2v) is 8.71. The number of hydrogen-bond donors (Lipinski definition) is 0. The van der Waals surface area contributed by atoms with Crippen LogP contribution in [0, 0.1) is 6.92 Å². The number of aryl methyl sites for hydroxylation is 1. The summed E-state index contributed by atoms with van der Waals surface area (Å²) in [7, 11) is 0. The van der Waals surface area contributed by atoms with E-state index in [1.165, 1.54) is 22.2 Å². The van der Waals surface area contributed by atoms with E-state index in [1.54, 1.807) is 0 Å². The molecule has 0 unspecified atom stereocenters. The third-order valence-electron chi connectivity index (χ3n) is 4.58. The molecule has 0 saturated carbocycles. The highest BCUT2D eigenvalue weighted by atomic mass is 15.1. The standard InChI is InChI=1S/C22H28N2/c1-15-12-13-16(21(2,3)4)14-17(15)20-23-18-10-8-9-11-19(18)24(20)22(5,6)7/h8-14H,1-7H3. The topological polar surface area (TPSA) is 17.8 Å². The predicted octanol–water partition coefficient (Wildman–Crippen LogP) is 6.06.